The molecule has 6 nitrogen and oxygen atoms in total. The van der Waals surface area contributed by atoms with E-state index in [4.69, 9.17) is 4.52 Å². The molecule has 0 radical (unpaired) electrons. The lowest BCUT2D eigenvalue weighted by Crippen LogP contribution is -2.45. The molecule has 1 aliphatic heterocycles. The van der Waals surface area contributed by atoms with Crippen LogP contribution >= 0.6 is 0 Å². The zero-order valence-corrected chi connectivity index (χ0v) is 11.9. The van der Waals surface area contributed by atoms with Crippen molar-refractivity contribution >= 4 is 5.78 Å². The Morgan fingerprint density at radius 3 is 2.95 bits per heavy atom. The van der Waals surface area contributed by atoms with Crippen molar-refractivity contribution in [3.8, 4) is 0 Å². The number of hydrogen-bond acceptors (Lipinski definition) is 6. The number of rotatable bonds is 5. The monoisotopic (exact) mass is 266 g/mol. The second-order valence-corrected chi connectivity index (χ2v) is 5.27. The number of piperazine rings is 1. The summed E-state index contributed by atoms with van der Waals surface area (Å²) in [6.07, 6.45) is 1.69. The van der Waals surface area contributed by atoms with Crippen LogP contribution in [0.25, 0.3) is 0 Å². The highest BCUT2D eigenvalue weighted by Crippen LogP contribution is 2.20. The molecule has 0 spiro atoms. The van der Waals surface area contributed by atoms with Crippen molar-refractivity contribution in [3.63, 3.8) is 0 Å². The lowest BCUT2D eigenvalue weighted by Gasteiger charge is -2.35. The Morgan fingerprint density at radius 1 is 1.42 bits per heavy atom. The van der Waals surface area contributed by atoms with E-state index < -0.39 is 0 Å². The third kappa shape index (κ3) is 3.61. The van der Waals surface area contributed by atoms with Gasteiger partial charge in [-0.05, 0) is 20.5 Å². The summed E-state index contributed by atoms with van der Waals surface area (Å²) >= 11 is 0. The maximum Gasteiger partial charge on any atom is 0.234 e. The van der Waals surface area contributed by atoms with Gasteiger partial charge in [0.05, 0.1) is 12.5 Å². The molecule has 1 unspecified atom stereocenters. The van der Waals surface area contributed by atoms with E-state index in [9.17, 15) is 4.79 Å². The molecular formula is C13H22N4O2. The fourth-order valence-corrected chi connectivity index (χ4v) is 2.30. The highest BCUT2D eigenvalue weighted by atomic mass is 16.5. The number of nitrogens with zero attached hydrogens (tertiary/aromatic N) is 4. The summed E-state index contributed by atoms with van der Waals surface area (Å²) in [4.78, 5) is 20.4. The molecule has 2 heterocycles. The van der Waals surface area contributed by atoms with Gasteiger partial charge >= 0.3 is 0 Å². The largest absolute Gasteiger partial charge is 0.339 e. The third-order valence-electron chi connectivity index (χ3n) is 3.51. The van der Waals surface area contributed by atoms with Gasteiger partial charge in [-0.3, -0.25) is 9.69 Å². The lowest BCUT2D eigenvalue weighted by atomic mass is 10.1. The minimum atomic E-state index is 0.150. The fraction of sp³-hybridized carbons (Fsp3) is 0.769. The highest BCUT2D eigenvalue weighted by molar-refractivity contribution is 5.79. The zero-order valence-electron chi connectivity index (χ0n) is 11.9. The van der Waals surface area contributed by atoms with Gasteiger partial charge in [0.25, 0.3) is 0 Å². The van der Waals surface area contributed by atoms with Gasteiger partial charge in [0.15, 0.2) is 5.82 Å². The predicted octanol–water partition coefficient (Wildman–Crippen LogP) is 0.900. The summed E-state index contributed by atoms with van der Waals surface area (Å²) in [5.74, 6) is 1.29. The lowest BCUT2D eigenvalue weighted by molar-refractivity contribution is -0.118. The molecule has 0 aromatic carbocycles. The third-order valence-corrected chi connectivity index (χ3v) is 3.51. The summed E-state index contributed by atoms with van der Waals surface area (Å²) in [7, 11) is 4.15. The minimum absolute atomic E-state index is 0.150. The number of carbonyl (C=O) groups is 1. The first-order chi connectivity index (χ1) is 9.10. The van der Waals surface area contributed by atoms with Crippen LogP contribution in [-0.4, -0.2) is 59.5 Å². The van der Waals surface area contributed by atoms with Crippen LogP contribution in [0, 0.1) is 0 Å². The Kier molecular flexibility index (Phi) is 4.66. The molecule has 1 fully saturated rings. The van der Waals surface area contributed by atoms with Crippen LogP contribution in [0.5, 0.6) is 0 Å². The number of carbonyl (C=O) groups excluding carboxylic acids is 1. The number of aromatic nitrogens is 2. The summed E-state index contributed by atoms with van der Waals surface area (Å²) in [6.45, 7) is 4.91. The predicted molar refractivity (Wildman–Crippen MR) is 70.8 cm³/mol. The van der Waals surface area contributed by atoms with Crippen molar-refractivity contribution in [2.24, 2.45) is 0 Å². The first-order valence-corrected chi connectivity index (χ1v) is 6.83. The van der Waals surface area contributed by atoms with Gasteiger partial charge in [0.1, 0.15) is 5.78 Å². The summed E-state index contributed by atoms with van der Waals surface area (Å²) in [6, 6.07) is 0.150. The van der Waals surface area contributed by atoms with Crippen molar-refractivity contribution < 1.29 is 9.32 Å². The standard InChI is InChI=1S/C13H22N4O2/c1-4-5-10(18)8-12-14-13(15-19-12)11-9-16(2)6-7-17(11)3/h11H,4-9H2,1-3H3. The summed E-state index contributed by atoms with van der Waals surface area (Å²) in [5, 5.41) is 4.03. The number of Topliss-reactive ketones (excluding diaryl/α,β-unsaturated/α-hetero) is 1. The van der Waals surface area contributed by atoms with E-state index in [1.165, 1.54) is 0 Å². The van der Waals surface area contributed by atoms with E-state index in [1.54, 1.807) is 0 Å². The van der Waals surface area contributed by atoms with Gasteiger partial charge in [0.2, 0.25) is 5.89 Å². The number of hydrogen-bond donors (Lipinski definition) is 0. The van der Waals surface area contributed by atoms with Gasteiger partial charge in [-0.1, -0.05) is 12.1 Å². The summed E-state index contributed by atoms with van der Waals surface area (Å²) < 4.78 is 5.19. The van der Waals surface area contributed by atoms with Crippen molar-refractivity contribution in [3.05, 3.63) is 11.7 Å². The molecule has 19 heavy (non-hydrogen) atoms. The molecule has 0 N–H and O–H groups in total. The van der Waals surface area contributed by atoms with Gasteiger partial charge in [-0.25, -0.2) is 0 Å². The van der Waals surface area contributed by atoms with Crippen LogP contribution in [0.3, 0.4) is 0 Å². The first-order valence-electron chi connectivity index (χ1n) is 6.83. The number of ketones is 1. The average Bonchev–Trinajstić information content (AvgIpc) is 2.81. The molecule has 2 rings (SSSR count). The smallest absolute Gasteiger partial charge is 0.234 e. The van der Waals surface area contributed by atoms with E-state index in [0.29, 0.717) is 18.1 Å². The molecular weight excluding hydrogens is 244 g/mol. The van der Waals surface area contributed by atoms with Crippen LogP contribution in [-0.2, 0) is 11.2 Å². The molecule has 0 aliphatic carbocycles. The molecule has 1 atom stereocenters. The van der Waals surface area contributed by atoms with E-state index in [0.717, 1.165) is 26.1 Å². The molecule has 1 saturated heterocycles. The Bertz CT molecular complexity index is 432. The van der Waals surface area contributed by atoms with Crippen LogP contribution in [0.1, 0.15) is 37.5 Å². The molecule has 0 bridgehead atoms. The summed E-state index contributed by atoms with van der Waals surface area (Å²) in [5.41, 5.74) is 0. The average molecular weight is 266 g/mol. The Morgan fingerprint density at radius 2 is 2.21 bits per heavy atom. The quantitative estimate of drug-likeness (QED) is 0.789. The highest BCUT2D eigenvalue weighted by Gasteiger charge is 2.28. The van der Waals surface area contributed by atoms with E-state index >= 15 is 0 Å². The van der Waals surface area contributed by atoms with Gasteiger partial charge in [0, 0.05) is 26.1 Å². The van der Waals surface area contributed by atoms with E-state index in [2.05, 4.69) is 34.0 Å². The van der Waals surface area contributed by atoms with Crippen molar-refractivity contribution in [2.45, 2.75) is 32.2 Å². The van der Waals surface area contributed by atoms with Crippen molar-refractivity contribution in [1.82, 2.24) is 19.9 Å². The van der Waals surface area contributed by atoms with Crippen LogP contribution in [0.4, 0.5) is 0 Å². The normalized spacial score (nSPS) is 21.7. The van der Waals surface area contributed by atoms with Crippen LogP contribution in [0.2, 0.25) is 0 Å². The van der Waals surface area contributed by atoms with Gasteiger partial charge in [-0.15, -0.1) is 0 Å². The molecule has 0 amide bonds. The molecule has 1 aromatic rings. The fourth-order valence-electron chi connectivity index (χ4n) is 2.30. The van der Waals surface area contributed by atoms with E-state index in [1.807, 2.05) is 6.92 Å². The first kappa shape index (κ1) is 14.1. The second-order valence-electron chi connectivity index (χ2n) is 5.27. The zero-order chi connectivity index (χ0) is 13.8. The van der Waals surface area contributed by atoms with Crippen LogP contribution in [0.15, 0.2) is 4.52 Å². The maximum absolute atomic E-state index is 11.6. The Labute approximate surface area is 113 Å². The van der Waals surface area contributed by atoms with Crippen molar-refractivity contribution in [1.29, 1.82) is 0 Å². The maximum atomic E-state index is 11.6. The second kappa shape index (κ2) is 6.25. The Balaban J connectivity index is 2.01. The van der Waals surface area contributed by atoms with Crippen molar-refractivity contribution in [2.75, 3.05) is 33.7 Å². The molecule has 106 valence electrons. The van der Waals surface area contributed by atoms with Gasteiger partial charge in [-0.2, -0.15) is 4.98 Å². The molecule has 6 heteroatoms. The van der Waals surface area contributed by atoms with Gasteiger partial charge < -0.3 is 9.42 Å². The minimum Gasteiger partial charge on any atom is -0.339 e. The Hall–Kier alpha value is -1.27. The van der Waals surface area contributed by atoms with E-state index in [-0.39, 0.29) is 18.2 Å². The number of likely N-dealkylation sites (N-methyl/N-ethyl adjacent to an activating group) is 2. The van der Waals surface area contributed by atoms with Crippen LogP contribution < -0.4 is 0 Å². The molecule has 1 aliphatic rings. The SMILES string of the molecule is CCCC(=O)Cc1nc(C2CN(C)CCN2C)no1. The molecule has 0 saturated carbocycles. The topological polar surface area (TPSA) is 62.5 Å². The molecule has 1 aromatic heterocycles.